The molecule has 4 heteroatoms. The summed E-state index contributed by atoms with van der Waals surface area (Å²) in [7, 11) is 0. The molecule has 0 saturated heterocycles. The monoisotopic (exact) mass is 291 g/mol. The lowest BCUT2D eigenvalue weighted by atomic mass is 9.92. The smallest absolute Gasteiger partial charge is 0.137 e. The van der Waals surface area contributed by atoms with Gasteiger partial charge in [0.15, 0.2) is 0 Å². The summed E-state index contributed by atoms with van der Waals surface area (Å²) in [5.41, 5.74) is 4.63. The van der Waals surface area contributed by atoms with Crippen LogP contribution in [0.4, 0.5) is 8.78 Å². The Hall–Kier alpha value is -0.480. The van der Waals surface area contributed by atoms with Gasteiger partial charge in [-0.1, -0.05) is 25.5 Å². The Morgan fingerprint density at radius 1 is 1.44 bits per heavy atom. The quantitative estimate of drug-likeness (QED) is 0.881. The van der Waals surface area contributed by atoms with E-state index in [1.165, 1.54) is 6.07 Å². The zero-order chi connectivity index (χ0) is 12.2. The maximum absolute atomic E-state index is 14.3. The van der Waals surface area contributed by atoms with E-state index in [2.05, 4.69) is 15.9 Å². The van der Waals surface area contributed by atoms with E-state index < -0.39 is 5.67 Å². The molecule has 0 spiro atoms. The van der Waals surface area contributed by atoms with Crippen molar-refractivity contribution in [2.75, 3.05) is 6.54 Å². The lowest BCUT2D eigenvalue weighted by Crippen LogP contribution is -2.35. The van der Waals surface area contributed by atoms with Crippen LogP contribution in [0.5, 0.6) is 0 Å². The van der Waals surface area contributed by atoms with E-state index in [1.807, 2.05) is 6.92 Å². The van der Waals surface area contributed by atoms with E-state index in [-0.39, 0.29) is 18.8 Å². The Labute approximate surface area is 103 Å². The zero-order valence-electron chi connectivity index (χ0n) is 9.27. The van der Waals surface area contributed by atoms with E-state index in [0.29, 0.717) is 16.5 Å². The van der Waals surface area contributed by atoms with Crippen molar-refractivity contribution in [2.45, 2.75) is 31.9 Å². The summed E-state index contributed by atoms with van der Waals surface area (Å²) in [6.07, 6.45) is 1.27. The number of hydrogen-bond acceptors (Lipinski definition) is 1. The predicted molar refractivity (Wildman–Crippen MR) is 65.6 cm³/mol. The molecule has 0 radical (unpaired) electrons. The zero-order valence-corrected chi connectivity index (χ0v) is 10.9. The molecule has 0 aliphatic heterocycles. The van der Waals surface area contributed by atoms with E-state index in [4.69, 9.17) is 5.73 Å². The van der Waals surface area contributed by atoms with Gasteiger partial charge in [-0.05, 0) is 34.0 Å². The maximum Gasteiger partial charge on any atom is 0.137 e. The predicted octanol–water partition coefficient (Wildman–Crippen LogP) is 3.60. The Bertz CT molecular complexity index is 357. The first-order chi connectivity index (χ1) is 7.52. The third-order valence-electron chi connectivity index (χ3n) is 2.60. The third-order valence-corrected chi connectivity index (χ3v) is 3.49. The van der Waals surface area contributed by atoms with Crippen molar-refractivity contribution < 1.29 is 8.78 Å². The average Bonchev–Trinajstić information content (AvgIpc) is 2.25. The Morgan fingerprint density at radius 2 is 2.12 bits per heavy atom. The molecule has 0 saturated carbocycles. The third kappa shape index (κ3) is 3.25. The van der Waals surface area contributed by atoms with Crippen LogP contribution < -0.4 is 5.73 Å². The normalized spacial score (nSPS) is 14.8. The van der Waals surface area contributed by atoms with E-state index in [9.17, 15) is 8.78 Å². The molecule has 0 bridgehead atoms. The molecule has 1 atom stereocenters. The Morgan fingerprint density at radius 3 is 2.69 bits per heavy atom. The fourth-order valence-corrected chi connectivity index (χ4v) is 2.14. The van der Waals surface area contributed by atoms with Crippen LogP contribution in [-0.2, 0) is 6.42 Å². The second kappa shape index (κ2) is 5.73. The molecule has 16 heavy (non-hydrogen) atoms. The fraction of sp³-hybridized carbons (Fsp3) is 0.500. The van der Waals surface area contributed by atoms with Crippen molar-refractivity contribution >= 4 is 15.9 Å². The molecule has 1 aromatic rings. The van der Waals surface area contributed by atoms with Gasteiger partial charge in [0, 0.05) is 13.0 Å². The van der Waals surface area contributed by atoms with Gasteiger partial charge in [-0.2, -0.15) is 0 Å². The van der Waals surface area contributed by atoms with Crippen molar-refractivity contribution in [3.05, 3.63) is 34.1 Å². The summed E-state index contributed by atoms with van der Waals surface area (Å²) in [6.45, 7) is 1.87. The van der Waals surface area contributed by atoms with Gasteiger partial charge in [0.2, 0.25) is 0 Å². The first-order valence-corrected chi connectivity index (χ1v) is 6.13. The summed E-state index contributed by atoms with van der Waals surface area (Å²) in [5.74, 6) is -0.367. The lowest BCUT2D eigenvalue weighted by Gasteiger charge is -2.23. The molecule has 1 unspecified atom stereocenters. The molecule has 0 aliphatic rings. The molecule has 0 amide bonds. The molecule has 0 heterocycles. The molecule has 0 aromatic heterocycles. The van der Waals surface area contributed by atoms with E-state index in [1.54, 1.807) is 12.1 Å². The topological polar surface area (TPSA) is 26.0 Å². The number of halogens is 3. The standard InChI is InChI=1S/C12H16BrF2N/c1-2-6-12(15,8-16)7-9-4-3-5-10(14)11(9)13/h3-5H,2,6-8,16H2,1H3. The largest absolute Gasteiger partial charge is 0.328 e. The summed E-state index contributed by atoms with van der Waals surface area (Å²) in [5, 5.41) is 0. The molecule has 1 aromatic carbocycles. The van der Waals surface area contributed by atoms with E-state index >= 15 is 0 Å². The van der Waals surface area contributed by atoms with Crippen molar-refractivity contribution in [1.29, 1.82) is 0 Å². The number of rotatable bonds is 5. The number of hydrogen-bond donors (Lipinski definition) is 1. The summed E-state index contributed by atoms with van der Waals surface area (Å²) in [6, 6.07) is 4.64. The summed E-state index contributed by atoms with van der Waals surface area (Å²) < 4.78 is 27.8. The molecule has 2 N–H and O–H groups in total. The number of benzene rings is 1. The molecule has 0 fully saturated rings. The van der Waals surface area contributed by atoms with Crippen LogP contribution in [0, 0.1) is 5.82 Å². The Balaban J connectivity index is 2.90. The van der Waals surface area contributed by atoms with Crippen molar-refractivity contribution in [3.8, 4) is 0 Å². The minimum Gasteiger partial charge on any atom is -0.328 e. The van der Waals surface area contributed by atoms with Crippen LogP contribution in [0.3, 0.4) is 0 Å². The van der Waals surface area contributed by atoms with Crippen molar-refractivity contribution in [1.82, 2.24) is 0 Å². The highest BCUT2D eigenvalue weighted by atomic mass is 79.9. The number of alkyl halides is 1. The van der Waals surface area contributed by atoms with Crippen LogP contribution in [-0.4, -0.2) is 12.2 Å². The van der Waals surface area contributed by atoms with Gasteiger partial charge in [-0.15, -0.1) is 0 Å². The highest BCUT2D eigenvalue weighted by Crippen LogP contribution is 2.28. The minimum absolute atomic E-state index is 0.0379. The van der Waals surface area contributed by atoms with Crippen molar-refractivity contribution in [3.63, 3.8) is 0 Å². The van der Waals surface area contributed by atoms with Crippen LogP contribution in [0.1, 0.15) is 25.3 Å². The van der Waals surface area contributed by atoms with Crippen LogP contribution in [0.2, 0.25) is 0 Å². The van der Waals surface area contributed by atoms with Gasteiger partial charge < -0.3 is 5.73 Å². The molecule has 0 aliphatic carbocycles. The first-order valence-electron chi connectivity index (χ1n) is 5.34. The molecule has 1 nitrogen and oxygen atoms in total. The van der Waals surface area contributed by atoms with Crippen LogP contribution >= 0.6 is 15.9 Å². The van der Waals surface area contributed by atoms with Crippen molar-refractivity contribution in [2.24, 2.45) is 5.73 Å². The molecular formula is C12H16BrF2N. The van der Waals surface area contributed by atoms with Crippen LogP contribution in [0.25, 0.3) is 0 Å². The minimum atomic E-state index is -1.44. The van der Waals surface area contributed by atoms with Gasteiger partial charge in [0.1, 0.15) is 11.5 Å². The highest BCUT2D eigenvalue weighted by Gasteiger charge is 2.28. The summed E-state index contributed by atoms with van der Waals surface area (Å²) in [4.78, 5) is 0. The average molecular weight is 292 g/mol. The highest BCUT2D eigenvalue weighted by molar-refractivity contribution is 9.10. The second-order valence-corrected chi connectivity index (χ2v) is 4.79. The molecule has 90 valence electrons. The molecule has 1 rings (SSSR count). The maximum atomic E-state index is 14.3. The van der Waals surface area contributed by atoms with Crippen LogP contribution in [0.15, 0.2) is 22.7 Å². The first kappa shape index (κ1) is 13.6. The lowest BCUT2D eigenvalue weighted by molar-refractivity contribution is 0.158. The fourth-order valence-electron chi connectivity index (χ4n) is 1.74. The SMILES string of the molecule is CCCC(F)(CN)Cc1cccc(F)c1Br. The number of nitrogens with two attached hydrogens (primary N) is 1. The Kier molecular flexibility index (Phi) is 4.87. The van der Waals surface area contributed by atoms with E-state index in [0.717, 1.165) is 6.42 Å². The second-order valence-electron chi connectivity index (χ2n) is 3.99. The van der Waals surface area contributed by atoms with Gasteiger partial charge in [-0.3, -0.25) is 0 Å². The van der Waals surface area contributed by atoms with Gasteiger partial charge in [0.05, 0.1) is 4.47 Å². The van der Waals surface area contributed by atoms with Gasteiger partial charge >= 0.3 is 0 Å². The molecular weight excluding hydrogens is 276 g/mol. The van der Waals surface area contributed by atoms with Gasteiger partial charge in [0.25, 0.3) is 0 Å². The summed E-state index contributed by atoms with van der Waals surface area (Å²) >= 11 is 3.13. The van der Waals surface area contributed by atoms with Gasteiger partial charge in [-0.25, -0.2) is 8.78 Å².